The highest BCUT2D eigenvalue weighted by molar-refractivity contribution is 5.99. The molecule has 228 valence electrons. The molecule has 0 bridgehead atoms. The lowest BCUT2D eigenvalue weighted by atomic mass is 10.0. The second kappa shape index (κ2) is 16.3. The molecule has 0 fully saturated rings. The molecule has 0 spiro atoms. The molecule has 0 aliphatic carbocycles. The number of amides is 3. The average Bonchev–Trinajstić information content (AvgIpc) is 2.98. The molecule has 1 heterocycles. The maximum Gasteiger partial charge on any atom is 0.247 e. The summed E-state index contributed by atoms with van der Waals surface area (Å²) in [5, 5.41) is 6.52. The summed E-state index contributed by atoms with van der Waals surface area (Å²) in [6.45, 7) is 0.614. The largest absolute Gasteiger partial charge is 0.370 e. The number of carbonyl (C=O) groups is 3. The maximum atomic E-state index is 13.4. The number of aliphatic imine (C=N–C) groups is 2. The van der Waals surface area contributed by atoms with E-state index in [4.69, 9.17) is 28.7 Å². The first-order valence-electron chi connectivity index (χ1n) is 13.8. The van der Waals surface area contributed by atoms with E-state index in [0.717, 1.165) is 16.5 Å². The van der Waals surface area contributed by atoms with Gasteiger partial charge in [-0.3, -0.25) is 24.4 Å². The molecule has 1 aromatic heterocycles. The number of pyridine rings is 1. The summed E-state index contributed by atoms with van der Waals surface area (Å²) in [5.74, 6) is -1.71. The third kappa shape index (κ3) is 10.9. The van der Waals surface area contributed by atoms with Crippen molar-refractivity contribution in [3.63, 3.8) is 0 Å². The summed E-state index contributed by atoms with van der Waals surface area (Å²) in [5.41, 5.74) is 30.1. The molecule has 43 heavy (non-hydrogen) atoms. The number of guanidine groups is 2. The Morgan fingerprint density at radius 1 is 0.860 bits per heavy atom. The number of aromatic nitrogens is 1. The molecular weight excluding hydrogens is 550 g/mol. The Bertz CT molecular complexity index is 1420. The smallest absolute Gasteiger partial charge is 0.247 e. The Hall–Kier alpha value is -5.24. The number of anilines is 1. The van der Waals surface area contributed by atoms with Gasteiger partial charge in [-0.1, -0.05) is 42.5 Å². The number of hydrogen-bond donors (Lipinski definition) is 7. The zero-order valence-corrected chi connectivity index (χ0v) is 23.9. The highest BCUT2D eigenvalue weighted by Gasteiger charge is 2.27. The molecule has 0 saturated carbocycles. The number of aryl methyl sites for hydroxylation is 1. The first kappa shape index (κ1) is 32.3. The number of fused-ring (bicyclic) bond motifs is 1. The van der Waals surface area contributed by atoms with Crippen molar-refractivity contribution < 1.29 is 19.4 Å². The van der Waals surface area contributed by atoms with Gasteiger partial charge in [0.05, 0.1) is 25.6 Å². The van der Waals surface area contributed by atoms with Gasteiger partial charge >= 0.3 is 0 Å². The number of H-pyrrole nitrogens is 1. The molecular formula is C29H40N11O3+. The van der Waals surface area contributed by atoms with Gasteiger partial charge in [-0.25, -0.2) is 4.98 Å². The second-order valence-electron chi connectivity index (χ2n) is 9.85. The van der Waals surface area contributed by atoms with Gasteiger partial charge in [0.15, 0.2) is 18.1 Å². The fourth-order valence-electron chi connectivity index (χ4n) is 4.29. The number of nitrogens with one attached hydrogen (secondary N) is 3. The molecule has 0 saturated heterocycles. The van der Waals surface area contributed by atoms with Crippen LogP contribution in [-0.2, 0) is 20.8 Å². The van der Waals surface area contributed by atoms with Crippen LogP contribution < -0.4 is 44.3 Å². The van der Waals surface area contributed by atoms with Crippen molar-refractivity contribution in [3.8, 4) is 0 Å². The van der Waals surface area contributed by atoms with Crippen LogP contribution in [0.4, 0.5) is 5.69 Å². The molecule has 0 aliphatic heterocycles. The van der Waals surface area contributed by atoms with Gasteiger partial charge in [-0.05, 0) is 30.5 Å². The van der Waals surface area contributed by atoms with Crippen LogP contribution in [0.15, 0.2) is 76.8 Å². The predicted octanol–water partition coefficient (Wildman–Crippen LogP) is -1.20. The van der Waals surface area contributed by atoms with Crippen LogP contribution in [0.3, 0.4) is 0 Å². The third-order valence-electron chi connectivity index (χ3n) is 6.53. The molecule has 2 atom stereocenters. The summed E-state index contributed by atoms with van der Waals surface area (Å²) in [6.07, 6.45) is 2.20. The van der Waals surface area contributed by atoms with Crippen LogP contribution in [0, 0.1) is 0 Å². The Balaban J connectivity index is 1.69. The van der Waals surface area contributed by atoms with E-state index in [0.29, 0.717) is 18.5 Å². The minimum atomic E-state index is -1.22. The first-order chi connectivity index (χ1) is 20.6. The molecule has 0 radical (unpaired) electrons. The van der Waals surface area contributed by atoms with Crippen molar-refractivity contribution in [2.45, 2.75) is 31.3 Å². The summed E-state index contributed by atoms with van der Waals surface area (Å²) in [7, 11) is 0. The summed E-state index contributed by atoms with van der Waals surface area (Å²) >= 11 is 0. The van der Waals surface area contributed by atoms with E-state index in [-0.39, 0.29) is 44.5 Å². The zero-order valence-electron chi connectivity index (χ0n) is 23.9. The van der Waals surface area contributed by atoms with Crippen LogP contribution in [0.2, 0.25) is 0 Å². The third-order valence-corrected chi connectivity index (χ3v) is 6.53. The van der Waals surface area contributed by atoms with Gasteiger partial charge in [-0.15, -0.1) is 0 Å². The average molecular weight is 591 g/mol. The van der Waals surface area contributed by atoms with E-state index in [1.165, 1.54) is 4.90 Å². The minimum Gasteiger partial charge on any atom is -0.370 e. The number of nitrogens with zero attached hydrogens (tertiary/aromatic N) is 3. The van der Waals surface area contributed by atoms with Crippen LogP contribution in [-0.4, -0.2) is 72.8 Å². The molecule has 14 nitrogen and oxygen atoms in total. The van der Waals surface area contributed by atoms with Crippen molar-refractivity contribution in [2.75, 3.05) is 31.5 Å². The van der Waals surface area contributed by atoms with Gasteiger partial charge in [-0.2, -0.15) is 0 Å². The van der Waals surface area contributed by atoms with Crippen LogP contribution in [0.1, 0.15) is 18.4 Å². The monoisotopic (exact) mass is 590 g/mol. The summed E-state index contributed by atoms with van der Waals surface area (Å²) < 4.78 is 0. The highest BCUT2D eigenvalue weighted by Crippen LogP contribution is 2.15. The van der Waals surface area contributed by atoms with Gasteiger partial charge in [0.25, 0.3) is 0 Å². The fraction of sp³-hybridized carbons (Fsp3) is 0.310. The lowest BCUT2D eigenvalue weighted by Gasteiger charge is -2.24. The summed E-state index contributed by atoms with van der Waals surface area (Å²) in [4.78, 5) is 51.9. The van der Waals surface area contributed by atoms with E-state index >= 15 is 0 Å². The Morgan fingerprint density at radius 2 is 1.49 bits per heavy atom. The Morgan fingerprint density at radius 3 is 2.14 bits per heavy atom. The normalized spacial score (nSPS) is 12.0. The zero-order chi connectivity index (χ0) is 31.2. The molecule has 3 amide bonds. The van der Waals surface area contributed by atoms with Gasteiger partial charge in [0.2, 0.25) is 23.2 Å². The van der Waals surface area contributed by atoms with Gasteiger partial charge in [0, 0.05) is 24.5 Å². The van der Waals surface area contributed by atoms with Crippen LogP contribution in [0.5, 0.6) is 0 Å². The summed E-state index contributed by atoms with van der Waals surface area (Å²) in [6, 6.07) is 17.0. The topological polar surface area (TPSA) is 247 Å². The standard InChI is InChI=1S/C29H39N11O3/c30-22(17-25(41)40(14-12-35-28(31)32)15-13-36-29(33)34)26(42)39-24(11-10-19-6-2-1-3-7-19)27(43)38-21-16-20-8-4-5-9-23(20)37-18-21/h1-9,16,18,22,24H,10-15,17,30H2,(H,38,43)(H,39,42)(H4,31,32,35)(H4,33,34,36)/p+1/t22-,24-/m0/s1. The van der Waals surface area contributed by atoms with Gasteiger partial charge in [0.1, 0.15) is 11.7 Å². The number of aromatic amines is 1. The highest BCUT2D eigenvalue weighted by atomic mass is 16.2. The second-order valence-corrected chi connectivity index (χ2v) is 9.85. The van der Waals surface area contributed by atoms with Crippen molar-refractivity contribution in [3.05, 3.63) is 72.4 Å². The van der Waals surface area contributed by atoms with Crippen LogP contribution in [0.25, 0.3) is 10.9 Å². The van der Waals surface area contributed by atoms with E-state index in [1.807, 2.05) is 60.7 Å². The quantitative estimate of drug-likeness (QED) is 0.0834. The van der Waals surface area contributed by atoms with Crippen molar-refractivity contribution >= 4 is 46.2 Å². The van der Waals surface area contributed by atoms with Crippen molar-refractivity contribution in [1.29, 1.82) is 0 Å². The maximum absolute atomic E-state index is 13.4. The molecule has 14 heteroatoms. The number of benzene rings is 2. The molecule has 2 aromatic carbocycles. The number of carbonyl (C=O) groups excluding carboxylic acids is 3. The molecule has 3 rings (SSSR count). The lowest BCUT2D eigenvalue weighted by Crippen LogP contribution is -2.51. The molecule has 0 unspecified atom stereocenters. The van der Waals surface area contributed by atoms with E-state index in [2.05, 4.69) is 25.6 Å². The fourth-order valence-corrected chi connectivity index (χ4v) is 4.29. The Labute approximate surface area is 249 Å². The van der Waals surface area contributed by atoms with E-state index in [9.17, 15) is 14.4 Å². The molecule has 13 N–H and O–H groups in total. The van der Waals surface area contributed by atoms with Crippen LogP contribution >= 0.6 is 0 Å². The SMILES string of the molecule is NC(N)=NCCN(CCN=C(N)N)C(=O)C[C@H](N)C(=O)N[C@@H](CCc1ccccc1)C(=O)Nc1c[nH+]c2ccccc2c1. The van der Waals surface area contributed by atoms with E-state index in [1.54, 1.807) is 6.20 Å². The minimum absolute atomic E-state index is 0.117. The van der Waals surface area contributed by atoms with Gasteiger partial charge < -0.3 is 44.2 Å². The Kier molecular flexibility index (Phi) is 12.2. The molecule has 3 aromatic rings. The number of hydrogen-bond acceptors (Lipinski definition) is 6. The van der Waals surface area contributed by atoms with Crippen molar-refractivity contribution in [2.24, 2.45) is 38.7 Å². The lowest BCUT2D eigenvalue weighted by molar-refractivity contribution is -0.343. The first-order valence-corrected chi connectivity index (χ1v) is 13.8. The number of rotatable bonds is 15. The van der Waals surface area contributed by atoms with Crippen molar-refractivity contribution in [1.82, 2.24) is 10.2 Å². The number of nitrogens with two attached hydrogens (primary N) is 5. The molecule has 0 aliphatic rings. The predicted molar refractivity (Wildman–Crippen MR) is 166 cm³/mol. The van der Waals surface area contributed by atoms with E-state index < -0.39 is 29.8 Å². The number of para-hydroxylation sites is 1.